The summed E-state index contributed by atoms with van der Waals surface area (Å²) in [5, 5.41) is -0.268. The fourth-order valence-electron chi connectivity index (χ4n) is 4.68. The van der Waals surface area contributed by atoms with Gasteiger partial charge in [-0.05, 0) is 36.2 Å². The van der Waals surface area contributed by atoms with Crippen molar-refractivity contribution in [2.24, 2.45) is 5.73 Å². The Bertz CT molecular complexity index is 1260. The number of para-hydroxylation sites is 1. The van der Waals surface area contributed by atoms with Crippen LogP contribution in [-0.4, -0.2) is 78.6 Å². The lowest BCUT2D eigenvalue weighted by atomic mass is 10.1. The van der Waals surface area contributed by atoms with Crippen LogP contribution in [0.3, 0.4) is 0 Å². The lowest BCUT2D eigenvalue weighted by molar-refractivity contribution is -0.118. The van der Waals surface area contributed by atoms with Crippen LogP contribution in [0.4, 0.5) is 5.69 Å². The third kappa shape index (κ3) is 7.58. The molecule has 1 heterocycles. The minimum Gasteiger partial charge on any atom is -0.494 e. The van der Waals surface area contributed by atoms with Crippen molar-refractivity contribution in [2.75, 3.05) is 72.7 Å². The number of rotatable bonds is 15. The van der Waals surface area contributed by atoms with E-state index in [0.717, 1.165) is 41.4 Å². The van der Waals surface area contributed by atoms with Crippen molar-refractivity contribution in [3.63, 3.8) is 0 Å². The molecule has 1 atom stereocenters. The lowest BCUT2D eigenvalue weighted by Gasteiger charge is -2.31. The molecule has 3 aromatic rings. The standard InChI is InChI=1S/C31H39N3O6S/c1-33-25-8-5-6-9-28(25)41-30(31(33)35)22-10-12-23(13-11-22)39-18-7-15-34(16-14-32)17-19-40-24-20-26(36-2)29(38-4)27(21-24)37-3/h5-6,8-13,20-21,30H,7,14-19,32H2,1-4H3. The molecule has 2 N–H and O–H groups in total. The van der Waals surface area contributed by atoms with Gasteiger partial charge >= 0.3 is 0 Å². The quantitative estimate of drug-likeness (QED) is 0.258. The van der Waals surface area contributed by atoms with E-state index in [4.69, 9.17) is 29.4 Å². The highest BCUT2D eigenvalue weighted by Crippen LogP contribution is 2.46. The fourth-order valence-corrected chi connectivity index (χ4v) is 5.97. The molecule has 220 valence electrons. The molecule has 1 unspecified atom stereocenters. The summed E-state index contributed by atoms with van der Waals surface area (Å²) in [6.07, 6.45) is 0.838. The number of amides is 1. The molecule has 41 heavy (non-hydrogen) atoms. The van der Waals surface area contributed by atoms with E-state index >= 15 is 0 Å². The Labute approximate surface area is 246 Å². The second-order valence-corrected chi connectivity index (χ2v) is 10.6. The van der Waals surface area contributed by atoms with Crippen LogP contribution < -0.4 is 34.3 Å². The summed E-state index contributed by atoms with van der Waals surface area (Å²) >= 11 is 1.59. The third-order valence-corrected chi connectivity index (χ3v) is 8.17. The third-order valence-electron chi connectivity index (χ3n) is 6.86. The predicted molar refractivity (Wildman–Crippen MR) is 162 cm³/mol. The van der Waals surface area contributed by atoms with Crippen molar-refractivity contribution in [3.05, 3.63) is 66.2 Å². The normalized spacial score (nSPS) is 14.5. The number of likely N-dealkylation sites (N-methyl/N-ethyl adjacent to an activating group) is 1. The number of carbonyl (C=O) groups is 1. The number of hydrogen-bond donors (Lipinski definition) is 1. The van der Waals surface area contributed by atoms with Crippen molar-refractivity contribution in [2.45, 2.75) is 16.6 Å². The molecule has 4 rings (SSSR count). The highest BCUT2D eigenvalue weighted by molar-refractivity contribution is 8.00. The van der Waals surface area contributed by atoms with Crippen molar-refractivity contribution >= 4 is 23.4 Å². The van der Waals surface area contributed by atoms with E-state index in [1.54, 1.807) is 50.1 Å². The number of hydrogen-bond acceptors (Lipinski definition) is 9. The van der Waals surface area contributed by atoms with Gasteiger partial charge in [-0.3, -0.25) is 9.69 Å². The molecule has 3 aromatic carbocycles. The number of fused-ring (bicyclic) bond motifs is 1. The molecule has 0 fully saturated rings. The van der Waals surface area contributed by atoms with E-state index < -0.39 is 0 Å². The summed E-state index contributed by atoms with van der Waals surface area (Å²) in [4.78, 5) is 18.1. The van der Waals surface area contributed by atoms with Crippen molar-refractivity contribution in [3.8, 4) is 28.7 Å². The minimum absolute atomic E-state index is 0.0802. The molecule has 0 saturated heterocycles. The molecule has 1 amide bonds. The van der Waals surface area contributed by atoms with Gasteiger partial charge in [0.05, 0.1) is 33.6 Å². The zero-order valence-corrected chi connectivity index (χ0v) is 24.9. The Morgan fingerprint density at radius 1 is 0.854 bits per heavy atom. The van der Waals surface area contributed by atoms with Crippen molar-refractivity contribution in [1.29, 1.82) is 0 Å². The van der Waals surface area contributed by atoms with Gasteiger partial charge in [-0.15, -0.1) is 11.8 Å². The summed E-state index contributed by atoms with van der Waals surface area (Å²) in [7, 11) is 6.56. The number of carbonyl (C=O) groups excluding carboxylic acids is 1. The largest absolute Gasteiger partial charge is 0.494 e. The Balaban J connectivity index is 1.24. The van der Waals surface area contributed by atoms with E-state index in [0.29, 0.717) is 49.3 Å². The SMILES string of the molecule is COc1cc(OCCN(CCN)CCCOc2ccc(C3Sc4ccccc4N(C)C3=O)cc2)cc(OC)c1OC. The fraction of sp³-hybridized carbons (Fsp3) is 0.387. The topological polar surface area (TPSA) is 95.7 Å². The minimum atomic E-state index is -0.268. The molecule has 0 aromatic heterocycles. The molecular weight excluding hydrogens is 542 g/mol. The molecule has 0 aliphatic carbocycles. The second kappa shape index (κ2) is 14.9. The lowest BCUT2D eigenvalue weighted by Crippen LogP contribution is -2.34. The monoisotopic (exact) mass is 581 g/mol. The number of benzene rings is 3. The Hall–Kier alpha value is -3.60. The van der Waals surface area contributed by atoms with Gasteiger partial charge in [-0.2, -0.15) is 0 Å². The van der Waals surface area contributed by atoms with Crippen LogP contribution >= 0.6 is 11.8 Å². The van der Waals surface area contributed by atoms with Crippen molar-refractivity contribution < 1.29 is 28.5 Å². The van der Waals surface area contributed by atoms with Crippen LogP contribution in [0.5, 0.6) is 28.7 Å². The number of anilines is 1. The molecule has 1 aliphatic heterocycles. The maximum absolute atomic E-state index is 13.0. The number of thioether (sulfide) groups is 1. The highest BCUT2D eigenvalue weighted by atomic mass is 32.2. The Morgan fingerprint density at radius 3 is 2.20 bits per heavy atom. The average Bonchev–Trinajstić information content (AvgIpc) is 3.00. The van der Waals surface area contributed by atoms with Crippen LogP contribution in [0.1, 0.15) is 17.2 Å². The maximum Gasteiger partial charge on any atom is 0.244 e. The van der Waals surface area contributed by atoms with Gasteiger partial charge in [0.25, 0.3) is 0 Å². The molecule has 0 radical (unpaired) electrons. The smallest absolute Gasteiger partial charge is 0.244 e. The second-order valence-electron chi connectivity index (χ2n) is 9.47. The van der Waals surface area contributed by atoms with Crippen LogP contribution in [0.15, 0.2) is 65.6 Å². The first kappa shape index (κ1) is 30.4. The molecule has 0 spiro atoms. The zero-order chi connectivity index (χ0) is 29.2. The van der Waals surface area contributed by atoms with E-state index in [9.17, 15) is 4.79 Å². The summed E-state index contributed by atoms with van der Waals surface area (Å²) in [6.45, 7) is 3.92. The molecular formula is C31H39N3O6S. The molecule has 0 saturated carbocycles. The van der Waals surface area contributed by atoms with Gasteiger partial charge in [0, 0.05) is 50.3 Å². The Kier molecular flexibility index (Phi) is 11.0. The summed E-state index contributed by atoms with van der Waals surface area (Å²) in [5.74, 6) is 3.13. The van der Waals surface area contributed by atoms with Gasteiger partial charge in [0.1, 0.15) is 23.4 Å². The van der Waals surface area contributed by atoms with Gasteiger partial charge in [0.2, 0.25) is 11.7 Å². The summed E-state index contributed by atoms with van der Waals surface area (Å²) < 4.78 is 28.2. The molecule has 9 nitrogen and oxygen atoms in total. The van der Waals surface area contributed by atoms with E-state index in [1.807, 2.05) is 49.5 Å². The molecule has 1 aliphatic rings. The van der Waals surface area contributed by atoms with E-state index in [2.05, 4.69) is 11.0 Å². The van der Waals surface area contributed by atoms with Crippen LogP contribution in [-0.2, 0) is 4.79 Å². The van der Waals surface area contributed by atoms with Gasteiger partial charge in [0.15, 0.2) is 11.5 Å². The Morgan fingerprint density at radius 2 is 1.54 bits per heavy atom. The number of nitrogens with two attached hydrogens (primary N) is 1. The predicted octanol–water partition coefficient (Wildman–Crippen LogP) is 4.63. The zero-order valence-electron chi connectivity index (χ0n) is 24.1. The van der Waals surface area contributed by atoms with Gasteiger partial charge < -0.3 is 34.3 Å². The summed E-state index contributed by atoms with van der Waals surface area (Å²) in [5.41, 5.74) is 7.77. The van der Waals surface area contributed by atoms with Crippen LogP contribution in [0, 0.1) is 0 Å². The van der Waals surface area contributed by atoms with Gasteiger partial charge in [-0.1, -0.05) is 24.3 Å². The first-order valence-electron chi connectivity index (χ1n) is 13.6. The van der Waals surface area contributed by atoms with Crippen LogP contribution in [0.2, 0.25) is 0 Å². The number of ether oxygens (including phenoxy) is 5. The highest BCUT2D eigenvalue weighted by Gasteiger charge is 2.32. The first-order valence-corrected chi connectivity index (χ1v) is 14.5. The van der Waals surface area contributed by atoms with Gasteiger partial charge in [-0.25, -0.2) is 0 Å². The average molecular weight is 582 g/mol. The first-order chi connectivity index (χ1) is 20.0. The van der Waals surface area contributed by atoms with Crippen LogP contribution in [0.25, 0.3) is 0 Å². The van der Waals surface area contributed by atoms with Crippen molar-refractivity contribution in [1.82, 2.24) is 4.90 Å². The number of nitrogens with zero attached hydrogens (tertiary/aromatic N) is 2. The molecule has 0 bridgehead atoms. The molecule has 10 heteroatoms. The van der Waals surface area contributed by atoms with E-state index in [-0.39, 0.29) is 11.2 Å². The maximum atomic E-state index is 13.0. The van der Waals surface area contributed by atoms with E-state index in [1.165, 1.54) is 0 Å². The summed E-state index contributed by atoms with van der Waals surface area (Å²) in [6, 6.07) is 19.4. The number of methoxy groups -OCH3 is 3.